The Morgan fingerprint density at radius 1 is 0.697 bits per heavy atom. The van der Waals surface area contributed by atoms with Crippen molar-refractivity contribution in [3.05, 3.63) is 101 Å². The molecule has 0 aromatic heterocycles. The smallest absolute Gasteiger partial charge is 0.178 e. The minimum absolute atomic E-state index is 0.801. The summed E-state index contributed by atoms with van der Waals surface area (Å²) in [6.07, 6.45) is 4.31. The zero-order valence-electron chi connectivity index (χ0n) is 19.2. The second-order valence-corrected chi connectivity index (χ2v) is 8.12. The van der Waals surface area contributed by atoms with Crippen molar-refractivity contribution in [3.63, 3.8) is 0 Å². The Hall–Kier alpha value is -3.92. The number of hydrogen-bond acceptors (Lipinski definition) is 4. The normalized spacial score (nSPS) is 13.8. The Labute approximate surface area is 194 Å². The highest BCUT2D eigenvalue weighted by Gasteiger charge is 2.38. The first-order valence-corrected chi connectivity index (χ1v) is 10.9. The highest BCUT2D eigenvalue weighted by Crippen LogP contribution is 2.47. The van der Waals surface area contributed by atoms with Crippen LogP contribution in [-0.4, -0.2) is 21.3 Å². The predicted molar refractivity (Wildman–Crippen MR) is 132 cm³/mol. The predicted octanol–water partition coefficient (Wildman–Crippen LogP) is 6.52. The van der Waals surface area contributed by atoms with Crippen LogP contribution in [0.2, 0.25) is 0 Å². The van der Waals surface area contributed by atoms with E-state index in [1.807, 2.05) is 36.4 Å². The standard InChI is InChI=1S/C29H26O4/c1-19-18-26-25(6-5-7-27(26)32-4)28-24(19)16-17-29(33-28,20-8-12-22(30-2)13-9-20)21-10-14-23(31-3)15-11-21/h5-18H,1-4H3. The van der Waals surface area contributed by atoms with E-state index in [1.165, 1.54) is 0 Å². The number of rotatable bonds is 5. The van der Waals surface area contributed by atoms with E-state index >= 15 is 0 Å². The van der Waals surface area contributed by atoms with E-state index in [2.05, 4.69) is 55.5 Å². The summed E-state index contributed by atoms with van der Waals surface area (Å²) in [6, 6.07) is 24.3. The molecule has 1 aliphatic heterocycles. The fourth-order valence-corrected chi connectivity index (χ4v) is 4.55. The van der Waals surface area contributed by atoms with Gasteiger partial charge in [0.15, 0.2) is 5.60 Å². The fourth-order valence-electron chi connectivity index (χ4n) is 4.55. The summed E-state index contributed by atoms with van der Waals surface area (Å²) >= 11 is 0. The molecule has 4 aromatic carbocycles. The minimum atomic E-state index is -0.810. The van der Waals surface area contributed by atoms with Gasteiger partial charge in [-0.25, -0.2) is 0 Å². The number of benzene rings is 4. The van der Waals surface area contributed by atoms with E-state index in [4.69, 9.17) is 18.9 Å². The lowest BCUT2D eigenvalue weighted by Gasteiger charge is -2.37. The molecule has 0 atom stereocenters. The van der Waals surface area contributed by atoms with Crippen LogP contribution >= 0.6 is 0 Å². The van der Waals surface area contributed by atoms with Crippen LogP contribution < -0.4 is 18.9 Å². The van der Waals surface area contributed by atoms with Gasteiger partial charge in [0.1, 0.15) is 23.0 Å². The van der Waals surface area contributed by atoms with Crippen molar-refractivity contribution < 1.29 is 18.9 Å². The molecule has 166 valence electrons. The van der Waals surface area contributed by atoms with Crippen molar-refractivity contribution in [3.8, 4) is 23.0 Å². The summed E-state index contributed by atoms with van der Waals surface area (Å²) in [5.74, 6) is 3.28. The lowest BCUT2D eigenvalue weighted by molar-refractivity contribution is 0.163. The molecule has 33 heavy (non-hydrogen) atoms. The van der Waals surface area contributed by atoms with Crippen LogP contribution in [0.4, 0.5) is 0 Å². The molecular formula is C29H26O4. The van der Waals surface area contributed by atoms with E-state index in [1.54, 1.807) is 21.3 Å². The summed E-state index contributed by atoms with van der Waals surface area (Å²) < 4.78 is 23.4. The Morgan fingerprint density at radius 3 is 1.85 bits per heavy atom. The van der Waals surface area contributed by atoms with E-state index in [-0.39, 0.29) is 0 Å². The molecule has 5 rings (SSSR count). The van der Waals surface area contributed by atoms with Crippen molar-refractivity contribution in [1.82, 2.24) is 0 Å². The van der Waals surface area contributed by atoms with E-state index in [0.29, 0.717) is 0 Å². The Bertz CT molecular complexity index is 1290. The van der Waals surface area contributed by atoms with Crippen LogP contribution in [0, 0.1) is 6.92 Å². The molecular weight excluding hydrogens is 412 g/mol. The molecule has 0 N–H and O–H groups in total. The number of aryl methyl sites for hydroxylation is 1. The second-order valence-electron chi connectivity index (χ2n) is 8.12. The van der Waals surface area contributed by atoms with Crippen LogP contribution in [0.1, 0.15) is 22.3 Å². The van der Waals surface area contributed by atoms with Gasteiger partial charge in [-0.15, -0.1) is 0 Å². The van der Waals surface area contributed by atoms with Crippen molar-refractivity contribution in [1.29, 1.82) is 0 Å². The fraction of sp³-hybridized carbons (Fsp3) is 0.172. The van der Waals surface area contributed by atoms with E-state index in [0.717, 1.165) is 56.0 Å². The van der Waals surface area contributed by atoms with Gasteiger partial charge in [0.25, 0.3) is 0 Å². The van der Waals surface area contributed by atoms with Crippen molar-refractivity contribution >= 4 is 16.8 Å². The molecule has 0 bridgehead atoms. The third-order valence-electron chi connectivity index (χ3n) is 6.35. The van der Waals surface area contributed by atoms with Gasteiger partial charge < -0.3 is 18.9 Å². The number of fused-ring (bicyclic) bond motifs is 3. The average Bonchev–Trinajstić information content (AvgIpc) is 2.88. The van der Waals surface area contributed by atoms with Crippen LogP contribution in [0.25, 0.3) is 16.8 Å². The summed E-state index contributed by atoms with van der Waals surface area (Å²) in [6.45, 7) is 2.10. The van der Waals surface area contributed by atoms with Gasteiger partial charge >= 0.3 is 0 Å². The van der Waals surface area contributed by atoms with Gasteiger partial charge in [-0.3, -0.25) is 0 Å². The molecule has 4 heteroatoms. The van der Waals surface area contributed by atoms with E-state index < -0.39 is 5.60 Å². The largest absolute Gasteiger partial charge is 0.497 e. The van der Waals surface area contributed by atoms with E-state index in [9.17, 15) is 0 Å². The first-order chi connectivity index (χ1) is 16.1. The molecule has 1 heterocycles. The molecule has 0 saturated carbocycles. The first-order valence-electron chi connectivity index (χ1n) is 10.9. The van der Waals surface area contributed by atoms with Crippen LogP contribution in [0.5, 0.6) is 23.0 Å². The Morgan fingerprint density at radius 2 is 1.30 bits per heavy atom. The molecule has 0 radical (unpaired) electrons. The summed E-state index contributed by atoms with van der Waals surface area (Å²) in [5, 5.41) is 2.05. The quantitative estimate of drug-likeness (QED) is 0.355. The summed E-state index contributed by atoms with van der Waals surface area (Å²) in [7, 11) is 5.04. The van der Waals surface area contributed by atoms with Crippen LogP contribution in [0.3, 0.4) is 0 Å². The number of ether oxygens (including phenoxy) is 4. The van der Waals surface area contributed by atoms with Gasteiger partial charge in [0, 0.05) is 27.5 Å². The van der Waals surface area contributed by atoms with Crippen molar-refractivity contribution in [2.75, 3.05) is 21.3 Å². The highest BCUT2D eigenvalue weighted by atomic mass is 16.5. The van der Waals surface area contributed by atoms with Crippen LogP contribution in [0.15, 0.2) is 78.9 Å². The molecule has 1 aliphatic rings. The summed E-state index contributed by atoms with van der Waals surface area (Å²) in [5.41, 5.74) is 3.42. The molecule has 0 spiro atoms. The SMILES string of the molecule is COc1ccc(C2(c3ccc(OC)cc3)C=Cc3c(C)cc4c(OC)cccc4c3O2)cc1. The van der Waals surface area contributed by atoms with Gasteiger partial charge in [-0.1, -0.05) is 42.5 Å². The van der Waals surface area contributed by atoms with Gasteiger partial charge in [0.05, 0.1) is 21.3 Å². The maximum atomic E-state index is 7.01. The minimum Gasteiger partial charge on any atom is -0.497 e. The molecule has 0 amide bonds. The van der Waals surface area contributed by atoms with Crippen molar-refractivity contribution in [2.24, 2.45) is 0 Å². The third-order valence-corrected chi connectivity index (χ3v) is 6.35. The number of hydrogen-bond donors (Lipinski definition) is 0. The Kier molecular flexibility index (Phi) is 5.21. The molecule has 4 nitrogen and oxygen atoms in total. The maximum absolute atomic E-state index is 7.01. The monoisotopic (exact) mass is 438 g/mol. The lowest BCUT2D eigenvalue weighted by atomic mass is 9.82. The molecule has 0 saturated heterocycles. The highest BCUT2D eigenvalue weighted by molar-refractivity contribution is 5.97. The molecule has 0 fully saturated rings. The molecule has 0 unspecified atom stereocenters. The average molecular weight is 439 g/mol. The lowest BCUT2D eigenvalue weighted by Crippen LogP contribution is -2.34. The van der Waals surface area contributed by atoms with Gasteiger partial charge in [0.2, 0.25) is 0 Å². The zero-order chi connectivity index (χ0) is 23.0. The first kappa shape index (κ1) is 21.0. The second kappa shape index (κ2) is 8.21. The topological polar surface area (TPSA) is 36.9 Å². The van der Waals surface area contributed by atoms with Crippen LogP contribution in [-0.2, 0) is 5.60 Å². The zero-order valence-corrected chi connectivity index (χ0v) is 19.2. The van der Waals surface area contributed by atoms with Crippen molar-refractivity contribution in [2.45, 2.75) is 12.5 Å². The van der Waals surface area contributed by atoms with Gasteiger partial charge in [-0.2, -0.15) is 0 Å². The van der Waals surface area contributed by atoms with Gasteiger partial charge in [-0.05, 0) is 55.0 Å². The molecule has 0 aliphatic carbocycles. The third kappa shape index (κ3) is 3.39. The maximum Gasteiger partial charge on any atom is 0.178 e. The summed E-state index contributed by atoms with van der Waals surface area (Å²) in [4.78, 5) is 0. The molecule has 4 aromatic rings. The Balaban J connectivity index is 1.76. The number of methoxy groups -OCH3 is 3.